The van der Waals surface area contributed by atoms with Gasteiger partial charge in [-0.3, -0.25) is 9.69 Å². The molecule has 1 aliphatic heterocycles. The molecule has 0 unspecified atom stereocenters. The number of nitrogens with zero attached hydrogens (tertiary/aromatic N) is 2. The Hall–Kier alpha value is -2.39. The average Bonchev–Trinajstić information content (AvgIpc) is 2.79. The minimum absolute atomic E-state index is 0.108. The van der Waals surface area contributed by atoms with E-state index in [1.807, 2.05) is 42.5 Å². The fourth-order valence-electron chi connectivity index (χ4n) is 2.16. The van der Waals surface area contributed by atoms with E-state index in [-0.39, 0.29) is 5.91 Å². The van der Waals surface area contributed by atoms with Crippen molar-refractivity contribution in [1.82, 2.24) is 4.90 Å². The van der Waals surface area contributed by atoms with Crippen LogP contribution >= 0.6 is 11.6 Å². The molecule has 21 heavy (non-hydrogen) atoms. The van der Waals surface area contributed by atoms with Crippen LogP contribution in [0.1, 0.15) is 11.1 Å². The van der Waals surface area contributed by atoms with Gasteiger partial charge in [-0.05, 0) is 23.8 Å². The SMILES string of the molecule is CN1C(=O)C(=Cc2ccc(Cl)cc2)N=C1c1ccccc1. The van der Waals surface area contributed by atoms with Gasteiger partial charge >= 0.3 is 0 Å². The van der Waals surface area contributed by atoms with Gasteiger partial charge in [0.25, 0.3) is 5.91 Å². The Labute approximate surface area is 128 Å². The summed E-state index contributed by atoms with van der Waals surface area (Å²) in [6.45, 7) is 0. The average molecular weight is 297 g/mol. The Morgan fingerprint density at radius 1 is 1.05 bits per heavy atom. The van der Waals surface area contributed by atoms with Crippen LogP contribution in [0.25, 0.3) is 6.08 Å². The molecule has 0 aliphatic carbocycles. The molecule has 1 heterocycles. The third-order valence-corrected chi connectivity index (χ3v) is 3.53. The molecule has 0 aromatic heterocycles. The van der Waals surface area contributed by atoms with E-state index in [2.05, 4.69) is 4.99 Å². The Kier molecular flexibility index (Phi) is 3.59. The Morgan fingerprint density at radius 2 is 1.71 bits per heavy atom. The van der Waals surface area contributed by atoms with Gasteiger partial charge in [-0.2, -0.15) is 0 Å². The van der Waals surface area contributed by atoms with E-state index in [1.54, 1.807) is 30.2 Å². The zero-order chi connectivity index (χ0) is 14.8. The van der Waals surface area contributed by atoms with E-state index < -0.39 is 0 Å². The summed E-state index contributed by atoms with van der Waals surface area (Å²) < 4.78 is 0. The standard InChI is InChI=1S/C17H13ClN2O/c1-20-16(13-5-3-2-4-6-13)19-15(17(20)21)11-12-7-9-14(18)10-8-12/h2-11H,1H3. The van der Waals surface area contributed by atoms with Crippen molar-refractivity contribution in [3.63, 3.8) is 0 Å². The predicted molar refractivity (Wildman–Crippen MR) is 85.2 cm³/mol. The molecule has 0 atom stereocenters. The minimum atomic E-state index is -0.108. The van der Waals surface area contributed by atoms with E-state index >= 15 is 0 Å². The summed E-state index contributed by atoms with van der Waals surface area (Å²) in [5.74, 6) is 0.560. The second-order valence-electron chi connectivity index (χ2n) is 4.75. The van der Waals surface area contributed by atoms with Crippen LogP contribution in [0.3, 0.4) is 0 Å². The number of hydrogen-bond donors (Lipinski definition) is 0. The van der Waals surface area contributed by atoms with Crippen molar-refractivity contribution in [2.75, 3.05) is 7.05 Å². The Balaban J connectivity index is 1.98. The summed E-state index contributed by atoms with van der Waals surface area (Å²) >= 11 is 5.86. The van der Waals surface area contributed by atoms with Crippen LogP contribution in [0.4, 0.5) is 0 Å². The summed E-state index contributed by atoms with van der Waals surface area (Å²) in [5.41, 5.74) is 2.25. The summed E-state index contributed by atoms with van der Waals surface area (Å²) in [5, 5.41) is 0.667. The molecule has 1 aliphatic rings. The highest BCUT2D eigenvalue weighted by Crippen LogP contribution is 2.21. The molecule has 3 rings (SSSR count). The van der Waals surface area contributed by atoms with E-state index in [4.69, 9.17) is 11.6 Å². The zero-order valence-electron chi connectivity index (χ0n) is 11.5. The Morgan fingerprint density at radius 3 is 2.38 bits per heavy atom. The first-order valence-corrected chi connectivity index (χ1v) is 6.92. The molecule has 0 bridgehead atoms. The molecule has 2 aromatic rings. The topological polar surface area (TPSA) is 32.7 Å². The van der Waals surface area contributed by atoms with Gasteiger partial charge in [-0.25, -0.2) is 4.99 Å². The molecule has 1 amide bonds. The van der Waals surface area contributed by atoms with Gasteiger partial charge < -0.3 is 0 Å². The largest absolute Gasteiger partial charge is 0.294 e. The minimum Gasteiger partial charge on any atom is -0.294 e. The van der Waals surface area contributed by atoms with Gasteiger partial charge in [-0.1, -0.05) is 54.1 Å². The van der Waals surface area contributed by atoms with Gasteiger partial charge in [0, 0.05) is 17.6 Å². The highest BCUT2D eigenvalue weighted by Gasteiger charge is 2.27. The molecule has 104 valence electrons. The third-order valence-electron chi connectivity index (χ3n) is 3.27. The van der Waals surface area contributed by atoms with Crippen LogP contribution in [-0.2, 0) is 4.79 Å². The second-order valence-corrected chi connectivity index (χ2v) is 5.18. The van der Waals surface area contributed by atoms with E-state index in [0.29, 0.717) is 16.6 Å². The lowest BCUT2D eigenvalue weighted by Crippen LogP contribution is -2.28. The Bertz CT molecular complexity index is 733. The smallest absolute Gasteiger partial charge is 0.277 e. The van der Waals surface area contributed by atoms with E-state index in [1.165, 1.54) is 0 Å². The van der Waals surface area contributed by atoms with Crippen LogP contribution in [0.2, 0.25) is 5.02 Å². The van der Waals surface area contributed by atoms with Gasteiger partial charge in [0.2, 0.25) is 0 Å². The molecule has 0 spiro atoms. The normalized spacial score (nSPS) is 16.5. The first kappa shape index (κ1) is 13.6. The summed E-state index contributed by atoms with van der Waals surface area (Å²) in [4.78, 5) is 18.3. The fraction of sp³-hybridized carbons (Fsp3) is 0.0588. The molecule has 0 fully saturated rings. The molecular weight excluding hydrogens is 284 g/mol. The second kappa shape index (κ2) is 5.54. The number of hydrogen-bond acceptors (Lipinski definition) is 2. The van der Waals surface area contributed by atoms with Crippen LogP contribution in [-0.4, -0.2) is 23.7 Å². The maximum absolute atomic E-state index is 12.3. The lowest BCUT2D eigenvalue weighted by molar-refractivity contribution is -0.121. The van der Waals surface area contributed by atoms with E-state index in [9.17, 15) is 4.79 Å². The number of benzene rings is 2. The van der Waals surface area contributed by atoms with E-state index in [0.717, 1.165) is 11.1 Å². The highest BCUT2D eigenvalue weighted by molar-refractivity contribution is 6.30. The zero-order valence-corrected chi connectivity index (χ0v) is 12.2. The number of likely N-dealkylation sites (N-methyl/N-ethyl adjacent to an activating group) is 1. The van der Waals surface area contributed by atoms with Gasteiger partial charge in [0.05, 0.1) is 0 Å². The first-order valence-electron chi connectivity index (χ1n) is 6.54. The van der Waals surface area contributed by atoms with Crippen molar-refractivity contribution in [1.29, 1.82) is 0 Å². The summed E-state index contributed by atoms with van der Waals surface area (Å²) in [6, 6.07) is 17.0. The first-order chi connectivity index (χ1) is 10.1. The number of carbonyl (C=O) groups excluding carboxylic acids is 1. The molecule has 3 nitrogen and oxygen atoms in total. The maximum atomic E-state index is 12.3. The van der Waals surface area contributed by atoms with Gasteiger partial charge in [0.1, 0.15) is 11.5 Å². The number of rotatable bonds is 2. The molecule has 0 radical (unpaired) electrons. The van der Waals surface area contributed by atoms with Gasteiger partial charge in [-0.15, -0.1) is 0 Å². The van der Waals surface area contributed by atoms with Crippen molar-refractivity contribution < 1.29 is 4.79 Å². The molecule has 0 N–H and O–H groups in total. The molecular formula is C17H13ClN2O. The lowest BCUT2D eigenvalue weighted by atomic mass is 10.2. The lowest BCUT2D eigenvalue weighted by Gasteiger charge is -2.11. The quantitative estimate of drug-likeness (QED) is 0.779. The monoisotopic (exact) mass is 296 g/mol. The highest BCUT2D eigenvalue weighted by atomic mass is 35.5. The van der Waals surface area contributed by atoms with Crippen LogP contribution in [0.15, 0.2) is 65.3 Å². The number of amides is 1. The third kappa shape index (κ3) is 2.73. The number of carbonyl (C=O) groups is 1. The predicted octanol–water partition coefficient (Wildman–Crippen LogP) is 3.60. The van der Waals surface area contributed by atoms with Crippen molar-refractivity contribution in [3.8, 4) is 0 Å². The molecule has 0 saturated carbocycles. The van der Waals surface area contributed by atoms with Crippen LogP contribution < -0.4 is 0 Å². The fourth-order valence-corrected chi connectivity index (χ4v) is 2.29. The van der Waals surface area contributed by atoms with Crippen LogP contribution in [0.5, 0.6) is 0 Å². The number of amidine groups is 1. The van der Waals surface area contributed by atoms with Crippen molar-refractivity contribution in [3.05, 3.63) is 76.4 Å². The summed E-state index contributed by atoms with van der Waals surface area (Å²) in [6.07, 6.45) is 1.77. The summed E-state index contributed by atoms with van der Waals surface area (Å²) in [7, 11) is 1.73. The maximum Gasteiger partial charge on any atom is 0.277 e. The molecule has 2 aromatic carbocycles. The van der Waals surface area contributed by atoms with Crippen LogP contribution in [0, 0.1) is 0 Å². The van der Waals surface area contributed by atoms with Crippen molar-refractivity contribution in [2.24, 2.45) is 4.99 Å². The van der Waals surface area contributed by atoms with Gasteiger partial charge in [0.15, 0.2) is 0 Å². The number of halogens is 1. The van der Waals surface area contributed by atoms with Crippen molar-refractivity contribution in [2.45, 2.75) is 0 Å². The van der Waals surface area contributed by atoms with Crippen molar-refractivity contribution >= 4 is 29.4 Å². The molecule has 4 heteroatoms. The molecule has 0 saturated heterocycles. The number of aliphatic imine (C=N–C) groups is 1.